The second-order valence-electron chi connectivity index (χ2n) is 3.87. The minimum atomic E-state index is 0.615. The molecule has 0 amide bonds. The van der Waals surface area contributed by atoms with E-state index in [1.165, 1.54) is 0 Å². The molecule has 0 saturated heterocycles. The van der Waals surface area contributed by atoms with Crippen molar-refractivity contribution >= 4 is 28.9 Å². The molecule has 90 valence electrons. The predicted molar refractivity (Wildman–Crippen MR) is 71.7 cm³/mol. The van der Waals surface area contributed by atoms with Gasteiger partial charge in [0.1, 0.15) is 11.0 Å². The third-order valence-corrected chi connectivity index (χ3v) is 3.25. The Balaban J connectivity index is 2.12. The molecule has 2 rings (SSSR count). The van der Waals surface area contributed by atoms with Gasteiger partial charge in [-0.15, -0.1) is 0 Å². The maximum Gasteiger partial charge on any atom is 0.128 e. The van der Waals surface area contributed by atoms with E-state index in [1.807, 2.05) is 36.7 Å². The summed E-state index contributed by atoms with van der Waals surface area (Å²) in [5.74, 6) is 0.884. The zero-order chi connectivity index (χ0) is 12.4. The summed E-state index contributed by atoms with van der Waals surface area (Å²) in [7, 11) is 1.89. The second kappa shape index (κ2) is 4.98. The Morgan fingerprint density at radius 1 is 1.35 bits per heavy atom. The van der Waals surface area contributed by atoms with Crippen LogP contribution in [0.15, 0.2) is 24.4 Å². The molecular weight excluding hydrogens is 257 g/mol. The van der Waals surface area contributed by atoms with E-state index in [0.717, 1.165) is 22.1 Å². The van der Waals surface area contributed by atoms with E-state index in [4.69, 9.17) is 23.2 Å². The molecule has 0 atom stereocenters. The number of benzene rings is 1. The zero-order valence-electron chi connectivity index (χ0n) is 9.67. The van der Waals surface area contributed by atoms with Gasteiger partial charge in [0.05, 0.1) is 12.7 Å². The van der Waals surface area contributed by atoms with Gasteiger partial charge < -0.3 is 9.88 Å². The highest BCUT2D eigenvalue weighted by atomic mass is 35.5. The summed E-state index contributed by atoms with van der Waals surface area (Å²) >= 11 is 11.9. The number of hydrogen-bond acceptors (Lipinski definition) is 2. The molecule has 1 N–H and O–H groups in total. The molecule has 0 saturated carbocycles. The van der Waals surface area contributed by atoms with Crippen molar-refractivity contribution in [2.24, 2.45) is 7.05 Å². The quantitative estimate of drug-likeness (QED) is 0.922. The molecule has 0 bridgehead atoms. The fourth-order valence-electron chi connectivity index (χ4n) is 1.55. The first-order valence-corrected chi connectivity index (χ1v) is 5.99. The highest BCUT2D eigenvalue weighted by Gasteiger charge is 2.05. The third-order valence-electron chi connectivity index (χ3n) is 2.66. The Morgan fingerprint density at radius 3 is 2.76 bits per heavy atom. The summed E-state index contributed by atoms with van der Waals surface area (Å²) in [6, 6.07) is 5.76. The van der Waals surface area contributed by atoms with E-state index in [1.54, 1.807) is 6.20 Å². The fraction of sp³-hybridized carbons (Fsp3) is 0.250. The maximum atomic E-state index is 5.95. The molecule has 0 aliphatic heterocycles. The van der Waals surface area contributed by atoms with E-state index in [2.05, 4.69) is 10.3 Å². The van der Waals surface area contributed by atoms with Gasteiger partial charge >= 0.3 is 0 Å². The van der Waals surface area contributed by atoms with Crippen LogP contribution in [0.3, 0.4) is 0 Å². The summed E-state index contributed by atoms with van der Waals surface area (Å²) in [6.07, 6.45) is 1.64. The first-order chi connectivity index (χ1) is 8.08. The van der Waals surface area contributed by atoms with Crippen LogP contribution in [0.2, 0.25) is 10.2 Å². The van der Waals surface area contributed by atoms with Crippen LogP contribution in [0.25, 0.3) is 0 Å². The number of hydrogen-bond donors (Lipinski definition) is 1. The summed E-state index contributed by atoms with van der Waals surface area (Å²) in [4.78, 5) is 4.22. The molecule has 2 aromatic rings. The molecule has 17 heavy (non-hydrogen) atoms. The molecule has 3 nitrogen and oxygen atoms in total. The molecule has 0 spiro atoms. The highest BCUT2D eigenvalue weighted by Crippen LogP contribution is 2.21. The van der Waals surface area contributed by atoms with Gasteiger partial charge in [-0.05, 0) is 24.6 Å². The van der Waals surface area contributed by atoms with Crippen LogP contribution >= 0.6 is 23.2 Å². The number of nitrogens with zero attached hydrogens (tertiary/aromatic N) is 2. The Morgan fingerprint density at radius 2 is 2.12 bits per heavy atom. The van der Waals surface area contributed by atoms with Crippen molar-refractivity contribution in [3.05, 3.63) is 46.0 Å². The van der Waals surface area contributed by atoms with Crippen molar-refractivity contribution in [1.29, 1.82) is 0 Å². The summed E-state index contributed by atoms with van der Waals surface area (Å²) < 4.78 is 1.84. The van der Waals surface area contributed by atoms with Crippen molar-refractivity contribution in [2.45, 2.75) is 13.5 Å². The van der Waals surface area contributed by atoms with Crippen LogP contribution < -0.4 is 5.32 Å². The maximum absolute atomic E-state index is 5.95. The van der Waals surface area contributed by atoms with Crippen molar-refractivity contribution in [1.82, 2.24) is 9.55 Å². The van der Waals surface area contributed by atoms with Crippen LogP contribution in [0.5, 0.6) is 0 Å². The minimum Gasteiger partial charge on any atom is -0.378 e. The molecule has 1 aromatic carbocycles. The first kappa shape index (κ1) is 12.3. The van der Waals surface area contributed by atoms with Gasteiger partial charge in [-0.3, -0.25) is 0 Å². The lowest BCUT2D eigenvalue weighted by Gasteiger charge is -2.10. The van der Waals surface area contributed by atoms with Crippen LogP contribution in [-0.4, -0.2) is 9.55 Å². The Hall–Kier alpha value is -1.19. The fourth-order valence-corrected chi connectivity index (χ4v) is 1.87. The van der Waals surface area contributed by atoms with E-state index >= 15 is 0 Å². The van der Waals surface area contributed by atoms with Gasteiger partial charge in [0.2, 0.25) is 0 Å². The van der Waals surface area contributed by atoms with Gasteiger partial charge in [0, 0.05) is 17.8 Å². The number of aryl methyl sites for hydroxylation is 1. The monoisotopic (exact) mass is 269 g/mol. The van der Waals surface area contributed by atoms with Gasteiger partial charge in [0.15, 0.2) is 0 Å². The molecule has 5 heteroatoms. The number of anilines is 1. The molecule has 0 aliphatic rings. The topological polar surface area (TPSA) is 29.9 Å². The molecule has 0 aliphatic carbocycles. The molecular formula is C12H13Cl2N3. The molecule has 0 radical (unpaired) electrons. The van der Waals surface area contributed by atoms with E-state index in [9.17, 15) is 0 Å². The smallest absolute Gasteiger partial charge is 0.128 e. The zero-order valence-corrected chi connectivity index (χ0v) is 11.2. The lowest BCUT2D eigenvalue weighted by atomic mass is 10.2. The molecule has 1 aromatic heterocycles. The Labute approximate surface area is 110 Å². The summed E-state index contributed by atoms with van der Waals surface area (Å²) in [5, 5.41) is 4.65. The van der Waals surface area contributed by atoms with Crippen LogP contribution in [0.4, 0.5) is 5.69 Å². The van der Waals surface area contributed by atoms with Crippen molar-refractivity contribution in [3.8, 4) is 0 Å². The average molecular weight is 270 g/mol. The number of nitrogens with one attached hydrogen (secondary N) is 1. The first-order valence-electron chi connectivity index (χ1n) is 5.24. The minimum absolute atomic E-state index is 0.615. The van der Waals surface area contributed by atoms with Gasteiger partial charge in [0.25, 0.3) is 0 Å². The SMILES string of the molecule is Cc1ccc(Cl)cc1NCc1ncc(Cl)n1C. The second-order valence-corrected chi connectivity index (χ2v) is 4.69. The number of aromatic nitrogens is 2. The number of imidazole rings is 1. The van der Waals surface area contributed by atoms with Crippen molar-refractivity contribution < 1.29 is 0 Å². The summed E-state index contributed by atoms with van der Waals surface area (Å²) in [6.45, 7) is 2.65. The van der Waals surface area contributed by atoms with E-state index in [-0.39, 0.29) is 0 Å². The number of rotatable bonds is 3. The third kappa shape index (κ3) is 2.73. The Bertz CT molecular complexity index is 535. The van der Waals surface area contributed by atoms with Crippen LogP contribution in [0, 0.1) is 6.92 Å². The molecule has 0 fully saturated rings. The van der Waals surface area contributed by atoms with Gasteiger partial charge in [-0.25, -0.2) is 4.98 Å². The lowest BCUT2D eigenvalue weighted by molar-refractivity contribution is 0.813. The Kier molecular flexibility index (Phi) is 3.60. The molecule has 1 heterocycles. The molecule has 0 unspecified atom stereocenters. The summed E-state index contributed by atoms with van der Waals surface area (Å²) in [5.41, 5.74) is 2.16. The largest absolute Gasteiger partial charge is 0.378 e. The van der Waals surface area contributed by atoms with Crippen LogP contribution in [0.1, 0.15) is 11.4 Å². The van der Waals surface area contributed by atoms with Crippen molar-refractivity contribution in [2.75, 3.05) is 5.32 Å². The van der Waals surface area contributed by atoms with Gasteiger partial charge in [-0.1, -0.05) is 29.3 Å². The highest BCUT2D eigenvalue weighted by molar-refractivity contribution is 6.30. The normalized spacial score (nSPS) is 10.6. The van der Waals surface area contributed by atoms with E-state index in [0.29, 0.717) is 11.7 Å². The lowest BCUT2D eigenvalue weighted by Crippen LogP contribution is -2.06. The van der Waals surface area contributed by atoms with E-state index < -0.39 is 0 Å². The van der Waals surface area contributed by atoms with Crippen molar-refractivity contribution in [3.63, 3.8) is 0 Å². The van der Waals surface area contributed by atoms with Crippen LogP contribution in [-0.2, 0) is 13.6 Å². The standard InChI is InChI=1S/C12H13Cl2N3/c1-8-3-4-9(13)5-10(8)15-7-12-16-6-11(14)17(12)2/h3-6,15H,7H2,1-2H3. The number of halogens is 2. The van der Waals surface area contributed by atoms with Gasteiger partial charge in [-0.2, -0.15) is 0 Å². The predicted octanol–water partition coefficient (Wildman–Crippen LogP) is 3.65. The average Bonchev–Trinajstić information content (AvgIpc) is 2.62.